The summed E-state index contributed by atoms with van der Waals surface area (Å²) in [6, 6.07) is 0. The number of aliphatic carboxylic acids is 1. The number of carbonyl (C=O) groups excluding carboxylic acids is 1. The first-order valence-electron chi connectivity index (χ1n) is 5.60. The molecule has 0 unspecified atom stereocenters. The number of carboxylic acid groups (broad SMARTS) is 1. The van der Waals surface area contributed by atoms with Gasteiger partial charge in [0.1, 0.15) is 0 Å². The van der Waals surface area contributed by atoms with Crippen molar-refractivity contribution in [2.45, 2.75) is 51.9 Å². The van der Waals surface area contributed by atoms with E-state index in [9.17, 15) is 9.90 Å². The topological polar surface area (TPSA) is 40.1 Å². The second kappa shape index (κ2) is 5.84. The summed E-state index contributed by atoms with van der Waals surface area (Å²) in [6.45, 7) is 1.63. The maximum atomic E-state index is 10.5. The van der Waals surface area contributed by atoms with Crippen LogP contribution in [-0.4, -0.2) is 5.97 Å². The van der Waals surface area contributed by atoms with E-state index >= 15 is 0 Å². The molecule has 0 atom stereocenters. The van der Waals surface area contributed by atoms with Crippen LogP contribution in [0.1, 0.15) is 51.9 Å². The number of hydrogen-bond acceptors (Lipinski definition) is 2. The van der Waals surface area contributed by atoms with E-state index < -0.39 is 5.97 Å². The smallest absolute Gasteiger partial charge is 0.0668 e. The van der Waals surface area contributed by atoms with Crippen LogP contribution in [0.15, 0.2) is 11.6 Å². The quantitative estimate of drug-likeness (QED) is 0.633. The Bertz CT molecular complexity index is 210. The van der Waals surface area contributed by atoms with Gasteiger partial charge >= 0.3 is 0 Å². The zero-order valence-electron chi connectivity index (χ0n) is 8.92. The predicted octanol–water partition coefficient (Wildman–Crippen LogP) is 2.04. The Balaban J connectivity index is 2.48. The van der Waals surface area contributed by atoms with Crippen LogP contribution in [0.3, 0.4) is 0 Å². The Kier molecular flexibility index (Phi) is 4.71. The van der Waals surface area contributed by atoms with Crippen molar-refractivity contribution in [3.8, 4) is 0 Å². The molecule has 2 heteroatoms. The monoisotopic (exact) mass is 195 g/mol. The molecule has 0 radical (unpaired) electrons. The number of carbonyl (C=O) groups is 1. The van der Waals surface area contributed by atoms with Crippen LogP contribution in [0.4, 0.5) is 0 Å². The molecule has 0 aliphatic heterocycles. The lowest BCUT2D eigenvalue weighted by molar-refractivity contribution is -0.299. The minimum Gasteiger partial charge on any atom is -0.545 e. The first-order chi connectivity index (χ1) is 6.70. The zero-order valence-corrected chi connectivity index (χ0v) is 8.92. The molecule has 1 aliphatic carbocycles. The van der Waals surface area contributed by atoms with Gasteiger partial charge in [0.05, 0.1) is 5.97 Å². The summed E-state index contributed by atoms with van der Waals surface area (Å²) in [7, 11) is 0. The van der Waals surface area contributed by atoms with Gasteiger partial charge in [0, 0.05) is 0 Å². The maximum absolute atomic E-state index is 10.5. The second-order valence-corrected chi connectivity index (χ2v) is 4.24. The van der Waals surface area contributed by atoms with Crippen molar-refractivity contribution in [1.29, 1.82) is 0 Å². The van der Waals surface area contributed by atoms with E-state index in [0.717, 1.165) is 12.8 Å². The fraction of sp³-hybridized carbons (Fsp3) is 0.750. The summed E-state index contributed by atoms with van der Waals surface area (Å²) in [5, 5.41) is 10.5. The SMILES string of the molecule is C/C(=C\C1CCCCCCC1)C(=O)[O-]. The molecule has 1 rings (SSSR count). The molecule has 0 spiro atoms. The van der Waals surface area contributed by atoms with E-state index in [1.54, 1.807) is 6.92 Å². The van der Waals surface area contributed by atoms with Crippen molar-refractivity contribution in [3.63, 3.8) is 0 Å². The van der Waals surface area contributed by atoms with Gasteiger partial charge in [-0.3, -0.25) is 0 Å². The van der Waals surface area contributed by atoms with Crippen LogP contribution in [0, 0.1) is 5.92 Å². The highest BCUT2D eigenvalue weighted by Crippen LogP contribution is 2.23. The number of rotatable bonds is 2. The highest BCUT2D eigenvalue weighted by molar-refractivity contribution is 5.83. The van der Waals surface area contributed by atoms with Crippen molar-refractivity contribution in [1.82, 2.24) is 0 Å². The lowest BCUT2D eigenvalue weighted by atomic mass is 9.90. The average molecular weight is 195 g/mol. The fourth-order valence-corrected chi connectivity index (χ4v) is 2.08. The van der Waals surface area contributed by atoms with Crippen molar-refractivity contribution < 1.29 is 9.90 Å². The predicted molar refractivity (Wildman–Crippen MR) is 54.6 cm³/mol. The lowest BCUT2D eigenvalue weighted by Gasteiger charge is -2.17. The minimum absolute atomic E-state index is 0.399. The lowest BCUT2D eigenvalue weighted by Crippen LogP contribution is -2.23. The minimum atomic E-state index is -1.02. The van der Waals surface area contributed by atoms with Crippen LogP contribution in [0.25, 0.3) is 0 Å². The van der Waals surface area contributed by atoms with Crippen LogP contribution in [0.2, 0.25) is 0 Å². The highest BCUT2D eigenvalue weighted by Gasteiger charge is 2.08. The normalized spacial score (nSPS) is 21.4. The molecule has 0 N–H and O–H groups in total. The van der Waals surface area contributed by atoms with E-state index in [-0.39, 0.29) is 0 Å². The Morgan fingerprint density at radius 1 is 1.14 bits per heavy atom. The molecule has 1 aliphatic rings. The number of allylic oxidation sites excluding steroid dienone is 1. The third-order valence-corrected chi connectivity index (χ3v) is 2.96. The highest BCUT2D eigenvalue weighted by atomic mass is 16.4. The van der Waals surface area contributed by atoms with Gasteiger partial charge in [-0.25, -0.2) is 0 Å². The Labute approximate surface area is 86.0 Å². The van der Waals surface area contributed by atoms with Gasteiger partial charge in [-0.2, -0.15) is 0 Å². The van der Waals surface area contributed by atoms with Crippen LogP contribution in [0.5, 0.6) is 0 Å². The van der Waals surface area contributed by atoms with Gasteiger partial charge in [0.25, 0.3) is 0 Å². The molecule has 0 heterocycles. The first-order valence-corrected chi connectivity index (χ1v) is 5.60. The molecule has 0 saturated heterocycles. The molecule has 1 fully saturated rings. The summed E-state index contributed by atoms with van der Waals surface area (Å²) in [6.07, 6.45) is 10.6. The average Bonchev–Trinajstić information content (AvgIpc) is 2.08. The van der Waals surface area contributed by atoms with E-state index in [1.165, 1.54) is 32.1 Å². The Morgan fingerprint density at radius 2 is 1.64 bits per heavy atom. The number of hydrogen-bond donors (Lipinski definition) is 0. The third-order valence-electron chi connectivity index (χ3n) is 2.96. The Hall–Kier alpha value is -0.790. The third kappa shape index (κ3) is 3.95. The van der Waals surface area contributed by atoms with Crippen LogP contribution >= 0.6 is 0 Å². The summed E-state index contributed by atoms with van der Waals surface area (Å²) in [5.41, 5.74) is 0.399. The van der Waals surface area contributed by atoms with Gasteiger partial charge in [-0.05, 0) is 31.3 Å². The van der Waals surface area contributed by atoms with Gasteiger partial charge in [-0.15, -0.1) is 0 Å². The van der Waals surface area contributed by atoms with Crippen LogP contribution < -0.4 is 5.11 Å². The molecular weight excluding hydrogens is 176 g/mol. The molecule has 80 valence electrons. The van der Waals surface area contributed by atoms with E-state index in [4.69, 9.17) is 0 Å². The summed E-state index contributed by atoms with van der Waals surface area (Å²) in [5.74, 6) is -0.555. The standard InChI is InChI=1S/C12H20O2/c1-10(12(13)14)9-11-7-5-3-2-4-6-8-11/h9,11H,2-8H2,1H3,(H,13,14)/p-1/b10-9+. The maximum Gasteiger partial charge on any atom is 0.0668 e. The first kappa shape index (κ1) is 11.3. The van der Waals surface area contributed by atoms with Crippen molar-refractivity contribution >= 4 is 5.97 Å². The fourth-order valence-electron chi connectivity index (χ4n) is 2.08. The molecule has 0 amide bonds. The zero-order chi connectivity index (χ0) is 10.4. The summed E-state index contributed by atoms with van der Waals surface area (Å²) < 4.78 is 0. The molecule has 2 nitrogen and oxygen atoms in total. The van der Waals surface area contributed by atoms with Crippen molar-refractivity contribution in [2.24, 2.45) is 5.92 Å². The van der Waals surface area contributed by atoms with Crippen molar-refractivity contribution in [2.75, 3.05) is 0 Å². The number of carboxylic acids is 1. The second-order valence-electron chi connectivity index (χ2n) is 4.24. The molecule has 0 aromatic heterocycles. The van der Waals surface area contributed by atoms with E-state index in [0.29, 0.717) is 11.5 Å². The Morgan fingerprint density at radius 3 is 2.14 bits per heavy atom. The molecular formula is C12H19O2-. The molecule has 0 bridgehead atoms. The molecule has 1 saturated carbocycles. The van der Waals surface area contributed by atoms with Gasteiger partial charge in [0.15, 0.2) is 0 Å². The van der Waals surface area contributed by atoms with Gasteiger partial charge in [-0.1, -0.05) is 38.2 Å². The van der Waals surface area contributed by atoms with E-state index in [1.807, 2.05) is 6.08 Å². The summed E-state index contributed by atoms with van der Waals surface area (Å²) >= 11 is 0. The van der Waals surface area contributed by atoms with E-state index in [2.05, 4.69) is 0 Å². The molecule has 0 aromatic rings. The van der Waals surface area contributed by atoms with Gasteiger partial charge < -0.3 is 9.90 Å². The molecule has 14 heavy (non-hydrogen) atoms. The molecule has 0 aromatic carbocycles. The van der Waals surface area contributed by atoms with Crippen LogP contribution in [-0.2, 0) is 4.79 Å². The van der Waals surface area contributed by atoms with Gasteiger partial charge in [0.2, 0.25) is 0 Å². The summed E-state index contributed by atoms with van der Waals surface area (Å²) in [4.78, 5) is 10.5. The largest absolute Gasteiger partial charge is 0.545 e. The van der Waals surface area contributed by atoms with Crippen molar-refractivity contribution in [3.05, 3.63) is 11.6 Å².